The molecule has 0 aromatic carbocycles. The van der Waals surface area contributed by atoms with Crippen molar-refractivity contribution in [2.24, 2.45) is 0 Å². The van der Waals surface area contributed by atoms with Crippen LogP contribution in [-0.4, -0.2) is 53.5 Å². The van der Waals surface area contributed by atoms with Crippen molar-refractivity contribution in [2.45, 2.75) is 13.3 Å². The molecule has 1 aliphatic heterocycles. The Morgan fingerprint density at radius 3 is 2.58 bits per heavy atom. The van der Waals surface area contributed by atoms with Gasteiger partial charge < -0.3 is 15.1 Å². The highest BCUT2D eigenvalue weighted by atomic mass is 16.2. The largest absolute Gasteiger partial charge is 0.384 e. The molecule has 3 rings (SSSR count). The maximum Gasteiger partial charge on any atom is 0.272 e. The van der Waals surface area contributed by atoms with E-state index in [2.05, 4.69) is 27.1 Å². The molecule has 0 atom stereocenters. The summed E-state index contributed by atoms with van der Waals surface area (Å²) in [7, 11) is 0. The molecule has 0 aliphatic carbocycles. The zero-order valence-corrected chi connectivity index (χ0v) is 14.0. The predicted molar refractivity (Wildman–Crippen MR) is 95.4 cm³/mol. The van der Waals surface area contributed by atoms with E-state index in [0.717, 1.165) is 37.6 Å². The minimum absolute atomic E-state index is 0.00212. The summed E-state index contributed by atoms with van der Waals surface area (Å²) in [5, 5.41) is 3.26. The van der Waals surface area contributed by atoms with Crippen molar-refractivity contribution in [3.8, 4) is 0 Å². The first-order chi connectivity index (χ1) is 11.8. The molecule has 0 radical (unpaired) electrons. The number of anilines is 2. The van der Waals surface area contributed by atoms with Gasteiger partial charge in [0.25, 0.3) is 5.91 Å². The second kappa shape index (κ2) is 7.77. The standard InChI is InChI=1S/C18H23N5O/c1-2-8-19-15-6-7-16(21-14-15)18(24)23-12-10-22(11-13-23)17-5-3-4-9-20-17/h3-7,9,14,19H,2,8,10-13H2,1H3. The minimum atomic E-state index is -0.00212. The number of amides is 1. The van der Waals surface area contributed by atoms with E-state index < -0.39 is 0 Å². The molecule has 0 bridgehead atoms. The average molecular weight is 325 g/mol. The number of piperazine rings is 1. The van der Waals surface area contributed by atoms with Crippen molar-refractivity contribution in [3.05, 3.63) is 48.4 Å². The fourth-order valence-corrected chi connectivity index (χ4v) is 2.74. The van der Waals surface area contributed by atoms with Gasteiger partial charge in [-0.15, -0.1) is 0 Å². The van der Waals surface area contributed by atoms with Crippen LogP contribution in [0.2, 0.25) is 0 Å². The molecule has 2 aromatic heterocycles. The van der Waals surface area contributed by atoms with E-state index in [1.54, 1.807) is 18.5 Å². The third kappa shape index (κ3) is 3.82. The molecule has 6 nitrogen and oxygen atoms in total. The highest BCUT2D eigenvalue weighted by Gasteiger charge is 2.23. The Morgan fingerprint density at radius 2 is 1.96 bits per heavy atom. The topological polar surface area (TPSA) is 61.4 Å². The molecule has 3 heterocycles. The van der Waals surface area contributed by atoms with Gasteiger partial charge in [-0.25, -0.2) is 9.97 Å². The van der Waals surface area contributed by atoms with E-state index in [4.69, 9.17) is 0 Å². The van der Waals surface area contributed by atoms with Crippen LogP contribution in [0.25, 0.3) is 0 Å². The van der Waals surface area contributed by atoms with Crippen molar-refractivity contribution < 1.29 is 4.79 Å². The van der Waals surface area contributed by atoms with Gasteiger partial charge >= 0.3 is 0 Å². The number of pyridine rings is 2. The summed E-state index contributed by atoms with van der Waals surface area (Å²) in [4.78, 5) is 25.3. The fourth-order valence-electron chi connectivity index (χ4n) is 2.74. The predicted octanol–water partition coefficient (Wildman–Crippen LogP) is 2.26. The number of aromatic nitrogens is 2. The van der Waals surface area contributed by atoms with Gasteiger partial charge in [-0.2, -0.15) is 0 Å². The van der Waals surface area contributed by atoms with Crippen LogP contribution in [0.5, 0.6) is 0 Å². The lowest BCUT2D eigenvalue weighted by Gasteiger charge is -2.35. The first-order valence-electron chi connectivity index (χ1n) is 8.43. The first-order valence-corrected chi connectivity index (χ1v) is 8.43. The van der Waals surface area contributed by atoms with Crippen LogP contribution in [0, 0.1) is 0 Å². The van der Waals surface area contributed by atoms with Gasteiger partial charge in [-0.3, -0.25) is 4.79 Å². The number of nitrogens with one attached hydrogen (secondary N) is 1. The monoisotopic (exact) mass is 325 g/mol. The smallest absolute Gasteiger partial charge is 0.272 e. The summed E-state index contributed by atoms with van der Waals surface area (Å²) in [5.74, 6) is 0.965. The van der Waals surface area contributed by atoms with E-state index in [0.29, 0.717) is 18.8 Å². The summed E-state index contributed by atoms with van der Waals surface area (Å²) in [5.41, 5.74) is 1.46. The molecule has 0 spiro atoms. The lowest BCUT2D eigenvalue weighted by Crippen LogP contribution is -2.49. The maximum atomic E-state index is 12.6. The molecule has 1 N–H and O–H groups in total. The first kappa shape index (κ1) is 16.2. The molecule has 1 amide bonds. The molecule has 1 aliphatic rings. The molecule has 0 unspecified atom stereocenters. The van der Waals surface area contributed by atoms with Crippen LogP contribution < -0.4 is 10.2 Å². The maximum absolute atomic E-state index is 12.6. The lowest BCUT2D eigenvalue weighted by molar-refractivity contribution is 0.0740. The van der Waals surface area contributed by atoms with Crippen molar-refractivity contribution in [1.29, 1.82) is 0 Å². The third-order valence-corrected chi connectivity index (χ3v) is 4.10. The molecule has 1 saturated heterocycles. The third-order valence-electron chi connectivity index (χ3n) is 4.10. The van der Waals surface area contributed by atoms with Crippen molar-refractivity contribution >= 4 is 17.4 Å². The van der Waals surface area contributed by atoms with Crippen LogP contribution >= 0.6 is 0 Å². The molecule has 1 fully saturated rings. The normalized spacial score (nSPS) is 14.5. The second-order valence-corrected chi connectivity index (χ2v) is 5.83. The van der Waals surface area contributed by atoms with Gasteiger partial charge in [-0.1, -0.05) is 13.0 Å². The zero-order chi connectivity index (χ0) is 16.8. The fraction of sp³-hybridized carbons (Fsp3) is 0.389. The molecule has 24 heavy (non-hydrogen) atoms. The molecular weight excluding hydrogens is 302 g/mol. The Hall–Kier alpha value is -2.63. The van der Waals surface area contributed by atoms with Gasteiger partial charge in [0.05, 0.1) is 11.9 Å². The van der Waals surface area contributed by atoms with Crippen LogP contribution in [0.3, 0.4) is 0 Å². The SMILES string of the molecule is CCCNc1ccc(C(=O)N2CCN(c3ccccn3)CC2)nc1. The number of hydrogen-bond donors (Lipinski definition) is 1. The van der Waals surface area contributed by atoms with Crippen molar-refractivity contribution in [3.63, 3.8) is 0 Å². The van der Waals surface area contributed by atoms with Gasteiger partial charge in [0, 0.05) is 38.9 Å². The van der Waals surface area contributed by atoms with E-state index in [1.165, 1.54) is 0 Å². The van der Waals surface area contributed by atoms with Crippen LogP contribution in [0.1, 0.15) is 23.8 Å². The van der Waals surface area contributed by atoms with Crippen molar-refractivity contribution in [1.82, 2.24) is 14.9 Å². The Bertz CT molecular complexity index is 651. The van der Waals surface area contributed by atoms with Gasteiger partial charge in [0.2, 0.25) is 0 Å². The van der Waals surface area contributed by atoms with Gasteiger partial charge in [0.1, 0.15) is 11.5 Å². The highest BCUT2D eigenvalue weighted by molar-refractivity contribution is 5.92. The van der Waals surface area contributed by atoms with Crippen LogP contribution in [-0.2, 0) is 0 Å². The Balaban J connectivity index is 1.57. The summed E-state index contributed by atoms with van der Waals surface area (Å²) in [6, 6.07) is 9.61. The second-order valence-electron chi connectivity index (χ2n) is 5.83. The Morgan fingerprint density at radius 1 is 1.12 bits per heavy atom. The van der Waals surface area contributed by atoms with Gasteiger partial charge in [0.15, 0.2) is 0 Å². The molecular formula is C18H23N5O. The number of carbonyl (C=O) groups is 1. The summed E-state index contributed by atoms with van der Waals surface area (Å²) < 4.78 is 0. The van der Waals surface area contributed by atoms with E-state index in [-0.39, 0.29) is 5.91 Å². The Labute approximate surface area is 142 Å². The number of carbonyl (C=O) groups excluding carboxylic acids is 1. The van der Waals surface area contributed by atoms with Crippen LogP contribution in [0.4, 0.5) is 11.5 Å². The quantitative estimate of drug-likeness (QED) is 0.914. The molecule has 126 valence electrons. The molecule has 6 heteroatoms. The number of rotatable bonds is 5. The molecule has 2 aromatic rings. The number of hydrogen-bond acceptors (Lipinski definition) is 5. The summed E-state index contributed by atoms with van der Waals surface area (Å²) in [6.07, 6.45) is 4.58. The van der Waals surface area contributed by atoms with E-state index in [1.807, 2.05) is 29.2 Å². The average Bonchev–Trinajstić information content (AvgIpc) is 2.67. The minimum Gasteiger partial charge on any atom is -0.384 e. The van der Waals surface area contributed by atoms with Crippen molar-refractivity contribution in [2.75, 3.05) is 42.9 Å². The lowest BCUT2D eigenvalue weighted by atomic mass is 10.2. The zero-order valence-electron chi connectivity index (χ0n) is 14.0. The summed E-state index contributed by atoms with van der Waals surface area (Å²) in [6.45, 7) is 5.98. The summed E-state index contributed by atoms with van der Waals surface area (Å²) >= 11 is 0. The van der Waals surface area contributed by atoms with Crippen LogP contribution in [0.15, 0.2) is 42.7 Å². The van der Waals surface area contributed by atoms with E-state index >= 15 is 0 Å². The Kier molecular flexibility index (Phi) is 5.25. The number of nitrogens with zero attached hydrogens (tertiary/aromatic N) is 4. The van der Waals surface area contributed by atoms with E-state index in [9.17, 15) is 4.79 Å². The van der Waals surface area contributed by atoms with Gasteiger partial charge in [-0.05, 0) is 30.7 Å². The molecule has 0 saturated carbocycles. The highest BCUT2D eigenvalue weighted by Crippen LogP contribution is 2.14.